The summed E-state index contributed by atoms with van der Waals surface area (Å²) in [5, 5.41) is 10.5. The molecule has 0 saturated heterocycles. The highest BCUT2D eigenvalue weighted by Crippen LogP contribution is 2.35. The molecule has 0 N–H and O–H groups in total. The number of benzene rings is 10. The quantitative estimate of drug-likeness (QED) is 0.107. The molecule has 2 nitrogen and oxygen atoms in total. The van der Waals surface area contributed by atoms with Gasteiger partial charge in [-0.15, -0.1) is 0 Å². The van der Waals surface area contributed by atoms with Crippen molar-refractivity contribution in [3.63, 3.8) is 0 Å². The third-order valence-corrected chi connectivity index (χ3v) is 17.8. The van der Waals surface area contributed by atoms with Crippen LogP contribution in [0.2, 0.25) is 0 Å². The van der Waals surface area contributed by atoms with Crippen LogP contribution in [0.25, 0.3) is 77.2 Å². The fraction of sp³-hybridized carbons (Fsp3) is 0. The number of para-hydroxylation sites is 4. The predicted molar refractivity (Wildman–Crippen MR) is 270 cm³/mol. The topological polar surface area (TPSA) is 9.86 Å². The van der Waals surface area contributed by atoms with Crippen molar-refractivity contribution < 1.29 is 0 Å². The third-order valence-electron chi connectivity index (χ3n) is 13.0. The van der Waals surface area contributed by atoms with Crippen molar-refractivity contribution in [3.8, 4) is 33.6 Å². The van der Waals surface area contributed by atoms with Gasteiger partial charge in [0.15, 0.2) is 8.07 Å². The van der Waals surface area contributed by atoms with E-state index < -0.39 is 8.07 Å². The molecule has 0 unspecified atom stereocenters. The van der Waals surface area contributed by atoms with E-state index in [1.807, 2.05) is 0 Å². The second-order valence-corrected chi connectivity index (χ2v) is 20.3. The second kappa shape index (κ2) is 15.2. The van der Waals surface area contributed by atoms with Gasteiger partial charge in [0.2, 0.25) is 0 Å². The third kappa shape index (κ3) is 6.00. The van der Waals surface area contributed by atoms with Gasteiger partial charge in [0.05, 0.1) is 22.1 Å². The van der Waals surface area contributed by atoms with Gasteiger partial charge in [-0.05, 0) is 91.5 Å². The molecule has 63 heavy (non-hydrogen) atoms. The molecule has 2 aromatic heterocycles. The maximum Gasteiger partial charge on any atom is 0.179 e. The van der Waals surface area contributed by atoms with E-state index in [9.17, 15) is 0 Å². The highest BCUT2D eigenvalue weighted by molar-refractivity contribution is 7.20. The van der Waals surface area contributed by atoms with Crippen LogP contribution in [0.4, 0.5) is 0 Å². The summed E-state index contributed by atoms with van der Waals surface area (Å²) in [6, 6.07) is 94.4. The van der Waals surface area contributed by atoms with Crippen molar-refractivity contribution in [2.75, 3.05) is 0 Å². The van der Waals surface area contributed by atoms with Crippen molar-refractivity contribution in [1.29, 1.82) is 0 Å². The molecule has 0 aliphatic rings. The van der Waals surface area contributed by atoms with Crippen LogP contribution in [0.1, 0.15) is 0 Å². The molecule has 0 spiro atoms. The van der Waals surface area contributed by atoms with E-state index in [1.165, 1.54) is 86.6 Å². The van der Waals surface area contributed by atoms with Crippen molar-refractivity contribution in [3.05, 3.63) is 255 Å². The molecule has 2 heterocycles. The summed E-state index contributed by atoms with van der Waals surface area (Å²) in [4.78, 5) is 0. The Labute approximate surface area is 368 Å². The summed E-state index contributed by atoms with van der Waals surface area (Å²) >= 11 is 0. The molecular formula is C60H42N2Si. The lowest BCUT2D eigenvalue weighted by molar-refractivity contribution is 1.18. The van der Waals surface area contributed by atoms with Crippen LogP contribution < -0.4 is 20.7 Å². The molecular weight excluding hydrogens is 777 g/mol. The first-order valence-corrected chi connectivity index (χ1v) is 23.8. The largest absolute Gasteiger partial charge is 0.309 e. The Morgan fingerprint density at radius 2 is 0.508 bits per heavy atom. The molecule has 0 radical (unpaired) electrons. The van der Waals surface area contributed by atoms with E-state index in [0.29, 0.717) is 0 Å². The number of rotatable bonds is 8. The van der Waals surface area contributed by atoms with Gasteiger partial charge < -0.3 is 9.13 Å². The minimum absolute atomic E-state index is 1.15. The fourth-order valence-corrected chi connectivity index (χ4v) is 15.1. The van der Waals surface area contributed by atoms with Crippen LogP contribution in [0.15, 0.2) is 255 Å². The molecule has 0 saturated carbocycles. The average Bonchev–Trinajstić information content (AvgIpc) is 3.88. The first-order chi connectivity index (χ1) is 31.3. The molecule has 12 aromatic rings. The van der Waals surface area contributed by atoms with Gasteiger partial charge in [0.1, 0.15) is 0 Å². The van der Waals surface area contributed by atoms with E-state index in [2.05, 4.69) is 264 Å². The van der Waals surface area contributed by atoms with Crippen LogP contribution in [0.5, 0.6) is 0 Å². The normalized spacial score (nSPS) is 11.8. The second-order valence-electron chi connectivity index (χ2n) is 16.5. The Balaban J connectivity index is 1.03. The highest BCUT2D eigenvalue weighted by Gasteiger charge is 2.41. The summed E-state index contributed by atoms with van der Waals surface area (Å²) in [6.07, 6.45) is 0. The molecule has 296 valence electrons. The van der Waals surface area contributed by atoms with E-state index in [-0.39, 0.29) is 0 Å². The Kier molecular flexibility index (Phi) is 8.87. The molecule has 0 amide bonds. The summed E-state index contributed by atoms with van der Waals surface area (Å²) in [5.74, 6) is 0. The van der Waals surface area contributed by atoms with E-state index in [1.54, 1.807) is 0 Å². The molecule has 0 aliphatic carbocycles. The van der Waals surface area contributed by atoms with Gasteiger partial charge in [-0.25, -0.2) is 0 Å². The molecule has 10 aromatic carbocycles. The number of aromatic nitrogens is 2. The number of hydrogen-bond acceptors (Lipinski definition) is 0. The van der Waals surface area contributed by atoms with Crippen LogP contribution in [0, 0.1) is 0 Å². The van der Waals surface area contributed by atoms with Crippen molar-refractivity contribution >= 4 is 72.4 Å². The number of fused-ring (bicyclic) bond motifs is 6. The lowest BCUT2D eigenvalue weighted by Gasteiger charge is -2.35. The van der Waals surface area contributed by atoms with Crippen molar-refractivity contribution in [1.82, 2.24) is 9.13 Å². The summed E-state index contributed by atoms with van der Waals surface area (Å²) in [6.45, 7) is 0. The Bertz CT molecular complexity index is 3290. The zero-order valence-corrected chi connectivity index (χ0v) is 35.6. The standard InChI is InChI=1S/C60H42N2Si/c1-3-25-49(26-4-1)63(50-27-5-2-6-28-50,51-29-17-21-45(41-51)43-19-15-23-47(39-43)61-57-35-11-7-31-53(57)54-32-8-12-36-58(54)61)52-30-18-22-46(42-52)44-20-16-24-48(40-44)62-59-37-13-9-33-55(59)56-34-10-14-38-60(56)62/h1-42H. The van der Waals surface area contributed by atoms with Gasteiger partial charge in [-0.1, -0.05) is 206 Å². The summed E-state index contributed by atoms with van der Waals surface area (Å²) < 4.78 is 4.82. The molecule has 3 heteroatoms. The fourth-order valence-electron chi connectivity index (χ4n) is 10.3. The predicted octanol–water partition coefficient (Wildman–Crippen LogP) is 12.6. The van der Waals surface area contributed by atoms with Gasteiger partial charge in [-0.2, -0.15) is 0 Å². The van der Waals surface area contributed by atoms with Crippen molar-refractivity contribution in [2.24, 2.45) is 0 Å². The molecule has 0 aliphatic heterocycles. The zero-order chi connectivity index (χ0) is 41.7. The van der Waals surface area contributed by atoms with Crippen LogP contribution in [-0.4, -0.2) is 17.2 Å². The Morgan fingerprint density at radius 1 is 0.222 bits per heavy atom. The van der Waals surface area contributed by atoms with Crippen LogP contribution in [0.3, 0.4) is 0 Å². The smallest absolute Gasteiger partial charge is 0.179 e. The minimum Gasteiger partial charge on any atom is -0.309 e. The SMILES string of the molecule is c1ccc([Si](c2ccccc2)(c2cccc(-c3cccc(-n4c5ccccc5c5ccccc54)c3)c2)c2cccc(-c3cccc(-n4c5ccccc5c5ccccc54)c3)c2)cc1. The number of hydrogen-bond donors (Lipinski definition) is 0. The monoisotopic (exact) mass is 818 g/mol. The van der Waals surface area contributed by atoms with Crippen LogP contribution in [-0.2, 0) is 0 Å². The summed E-state index contributed by atoms with van der Waals surface area (Å²) in [5.41, 5.74) is 11.9. The highest BCUT2D eigenvalue weighted by atomic mass is 28.3. The minimum atomic E-state index is -2.92. The van der Waals surface area contributed by atoms with Gasteiger partial charge in [-0.3, -0.25) is 0 Å². The van der Waals surface area contributed by atoms with Gasteiger partial charge >= 0.3 is 0 Å². The summed E-state index contributed by atoms with van der Waals surface area (Å²) in [7, 11) is -2.92. The number of nitrogens with zero attached hydrogens (tertiary/aromatic N) is 2. The lowest BCUT2D eigenvalue weighted by Crippen LogP contribution is -2.74. The Morgan fingerprint density at radius 3 is 0.873 bits per heavy atom. The first-order valence-electron chi connectivity index (χ1n) is 21.8. The maximum atomic E-state index is 2.48. The van der Waals surface area contributed by atoms with Crippen molar-refractivity contribution in [2.45, 2.75) is 0 Å². The zero-order valence-electron chi connectivity index (χ0n) is 34.6. The molecule has 12 rings (SSSR count). The molecule has 0 bridgehead atoms. The van der Waals surface area contributed by atoms with E-state index in [0.717, 1.165) is 11.4 Å². The van der Waals surface area contributed by atoms with Crippen LogP contribution >= 0.6 is 0 Å². The average molecular weight is 819 g/mol. The lowest BCUT2D eigenvalue weighted by atomic mass is 10.0. The molecule has 0 fully saturated rings. The van der Waals surface area contributed by atoms with Gasteiger partial charge in [0, 0.05) is 32.9 Å². The Hall–Kier alpha value is -7.98. The first kappa shape index (κ1) is 36.8. The van der Waals surface area contributed by atoms with E-state index in [4.69, 9.17) is 0 Å². The maximum absolute atomic E-state index is 2.92. The van der Waals surface area contributed by atoms with E-state index >= 15 is 0 Å². The van der Waals surface area contributed by atoms with Gasteiger partial charge in [0.25, 0.3) is 0 Å². The molecule has 0 atom stereocenters.